The first-order valence-corrected chi connectivity index (χ1v) is 7.09. The van der Waals surface area contributed by atoms with Crippen LogP contribution in [-0.4, -0.2) is 28.5 Å². The highest BCUT2D eigenvalue weighted by molar-refractivity contribution is 5.93. The summed E-state index contributed by atoms with van der Waals surface area (Å²) < 4.78 is 0. The third kappa shape index (κ3) is 6.25. The van der Waals surface area contributed by atoms with Crippen LogP contribution < -0.4 is 10.9 Å². The first-order chi connectivity index (χ1) is 9.90. The smallest absolute Gasteiger partial charge is 0.303 e. The molecule has 0 aliphatic rings. The standard InChI is InChI=1S/C15H22N2O4/c1-10(2)11(3-4-14(19)20)5-8-17-15(21)12-6-7-16-13(18)9-12/h6-7,9-11H,3-5,8H2,1-2H3,(H,16,18)(H,17,21)(H,19,20). The number of hydrogen-bond acceptors (Lipinski definition) is 3. The zero-order valence-corrected chi connectivity index (χ0v) is 12.4. The lowest BCUT2D eigenvalue weighted by atomic mass is 9.88. The Hall–Kier alpha value is -2.11. The second-order valence-electron chi connectivity index (χ2n) is 5.42. The first kappa shape index (κ1) is 16.9. The van der Waals surface area contributed by atoms with Crippen molar-refractivity contribution in [2.45, 2.75) is 33.1 Å². The van der Waals surface area contributed by atoms with E-state index in [2.05, 4.69) is 10.3 Å². The molecule has 6 nitrogen and oxygen atoms in total. The quantitative estimate of drug-likeness (QED) is 0.678. The molecule has 0 saturated heterocycles. The number of aliphatic carboxylic acids is 1. The van der Waals surface area contributed by atoms with Crippen molar-refractivity contribution in [1.29, 1.82) is 0 Å². The number of aromatic nitrogens is 1. The van der Waals surface area contributed by atoms with Crippen molar-refractivity contribution in [2.75, 3.05) is 6.54 Å². The van der Waals surface area contributed by atoms with Gasteiger partial charge < -0.3 is 15.4 Å². The summed E-state index contributed by atoms with van der Waals surface area (Å²) >= 11 is 0. The largest absolute Gasteiger partial charge is 0.481 e. The second kappa shape index (κ2) is 8.24. The Bertz CT molecular complexity index is 536. The van der Waals surface area contributed by atoms with Crippen LogP contribution in [0.1, 0.15) is 43.5 Å². The first-order valence-electron chi connectivity index (χ1n) is 7.09. The third-order valence-corrected chi connectivity index (χ3v) is 3.51. The zero-order valence-electron chi connectivity index (χ0n) is 12.4. The second-order valence-corrected chi connectivity index (χ2v) is 5.42. The predicted octanol–water partition coefficient (Wildman–Crippen LogP) is 1.63. The van der Waals surface area contributed by atoms with Crippen LogP contribution >= 0.6 is 0 Å². The van der Waals surface area contributed by atoms with Crippen LogP contribution in [0.15, 0.2) is 23.1 Å². The van der Waals surface area contributed by atoms with E-state index in [-0.39, 0.29) is 23.8 Å². The van der Waals surface area contributed by atoms with E-state index in [4.69, 9.17) is 5.11 Å². The number of carbonyl (C=O) groups excluding carboxylic acids is 1. The van der Waals surface area contributed by atoms with Gasteiger partial charge in [0.1, 0.15) is 0 Å². The average molecular weight is 294 g/mol. The lowest BCUT2D eigenvalue weighted by Gasteiger charge is -2.20. The van der Waals surface area contributed by atoms with Crippen LogP contribution in [0.5, 0.6) is 0 Å². The molecule has 1 unspecified atom stereocenters. The zero-order chi connectivity index (χ0) is 15.8. The third-order valence-electron chi connectivity index (χ3n) is 3.51. The molecule has 0 aliphatic heterocycles. The molecule has 1 aromatic heterocycles. The van der Waals surface area contributed by atoms with Crippen molar-refractivity contribution in [3.05, 3.63) is 34.2 Å². The molecule has 1 amide bonds. The van der Waals surface area contributed by atoms with E-state index in [0.29, 0.717) is 24.4 Å². The van der Waals surface area contributed by atoms with E-state index in [9.17, 15) is 14.4 Å². The topological polar surface area (TPSA) is 99.3 Å². The van der Waals surface area contributed by atoms with E-state index in [0.717, 1.165) is 6.42 Å². The molecule has 116 valence electrons. The van der Waals surface area contributed by atoms with Gasteiger partial charge in [0.2, 0.25) is 5.56 Å². The van der Waals surface area contributed by atoms with E-state index in [1.165, 1.54) is 12.3 Å². The number of H-pyrrole nitrogens is 1. The van der Waals surface area contributed by atoms with E-state index >= 15 is 0 Å². The van der Waals surface area contributed by atoms with Crippen LogP contribution in [-0.2, 0) is 4.79 Å². The summed E-state index contributed by atoms with van der Waals surface area (Å²) in [5.74, 6) is -0.476. The van der Waals surface area contributed by atoms with Gasteiger partial charge in [-0.3, -0.25) is 14.4 Å². The SMILES string of the molecule is CC(C)C(CCNC(=O)c1cc[nH]c(=O)c1)CCC(=O)O. The van der Waals surface area contributed by atoms with Gasteiger partial charge in [-0.15, -0.1) is 0 Å². The number of pyridine rings is 1. The highest BCUT2D eigenvalue weighted by Gasteiger charge is 2.15. The van der Waals surface area contributed by atoms with Gasteiger partial charge in [0.15, 0.2) is 0 Å². The summed E-state index contributed by atoms with van der Waals surface area (Å²) in [6.07, 6.45) is 2.90. The van der Waals surface area contributed by atoms with Gasteiger partial charge >= 0.3 is 5.97 Å². The maximum absolute atomic E-state index is 11.9. The van der Waals surface area contributed by atoms with Gasteiger partial charge in [0.25, 0.3) is 5.91 Å². The van der Waals surface area contributed by atoms with Crippen LogP contribution in [0.3, 0.4) is 0 Å². The molecular formula is C15H22N2O4. The van der Waals surface area contributed by atoms with Gasteiger partial charge in [-0.25, -0.2) is 0 Å². The number of carbonyl (C=O) groups is 2. The predicted molar refractivity (Wildman–Crippen MR) is 79.2 cm³/mol. The summed E-state index contributed by atoms with van der Waals surface area (Å²) in [7, 11) is 0. The molecule has 0 radical (unpaired) electrons. The summed E-state index contributed by atoms with van der Waals surface area (Å²) in [6.45, 7) is 4.56. The minimum absolute atomic E-state index is 0.144. The Morgan fingerprint density at radius 2 is 2.05 bits per heavy atom. The highest BCUT2D eigenvalue weighted by Crippen LogP contribution is 2.20. The molecule has 1 heterocycles. The van der Waals surface area contributed by atoms with Gasteiger partial charge in [0.05, 0.1) is 0 Å². The van der Waals surface area contributed by atoms with Gasteiger partial charge in [-0.1, -0.05) is 13.8 Å². The minimum Gasteiger partial charge on any atom is -0.481 e. The number of carboxylic acids is 1. The fraction of sp³-hybridized carbons (Fsp3) is 0.533. The Morgan fingerprint density at radius 3 is 2.62 bits per heavy atom. The van der Waals surface area contributed by atoms with Crippen molar-refractivity contribution in [3.8, 4) is 0 Å². The Kier molecular flexibility index (Phi) is 6.65. The normalized spacial score (nSPS) is 12.1. The highest BCUT2D eigenvalue weighted by atomic mass is 16.4. The summed E-state index contributed by atoms with van der Waals surface area (Å²) in [6, 6.07) is 2.79. The average Bonchev–Trinajstić information content (AvgIpc) is 2.41. The number of carboxylic acid groups (broad SMARTS) is 1. The van der Waals surface area contributed by atoms with E-state index < -0.39 is 5.97 Å². The molecule has 0 spiro atoms. The molecule has 1 atom stereocenters. The van der Waals surface area contributed by atoms with Crippen LogP contribution in [0.4, 0.5) is 0 Å². The fourth-order valence-electron chi connectivity index (χ4n) is 2.18. The lowest BCUT2D eigenvalue weighted by molar-refractivity contribution is -0.137. The summed E-state index contributed by atoms with van der Waals surface area (Å²) in [5, 5.41) is 11.5. The Morgan fingerprint density at radius 1 is 1.33 bits per heavy atom. The van der Waals surface area contributed by atoms with Crippen LogP contribution in [0.2, 0.25) is 0 Å². The molecule has 0 saturated carbocycles. The van der Waals surface area contributed by atoms with Crippen molar-refractivity contribution in [1.82, 2.24) is 10.3 Å². The Balaban J connectivity index is 2.44. The Labute approximate surface area is 123 Å². The minimum atomic E-state index is -0.798. The molecule has 0 bridgehead atoms. The van der Waals surface area contributed by atoms with Crippen molar-refractivity contribution in [3.63, 3.8) is 0 Å². The number of rotatable bonds is 8. The number of aromatic amines is 1. The fourth-order valence-corrected chi connectivity index (χ4v) is 2.18. The van der Waals surface area contributed by atoms with Gasteiger partial charge in [-0.2, -0.15) is 0 Å². The number of amides is 1. The lowest BCUT2D eigenvalue weighted by Crippen LogP contribution is -2.28. The van der Waals surface area contributed by atoms with Crippen molar-refractivity contribution < 1.29 is 14.7 Å². The summed E-state index contributed by atoms with van der Waals surface area (Å²) in [5.41, 5.74) is 0.00884. The number of hydrogen-bond donors (Lipinski definition) is 3. The number of nitrogens with one attached hydrogen (secondary N) is 2. The summed E-state index contributed by atoms with van der Waals surface area (Å²) in [4.78, 5) is 36.1. The molecule has 21 heavy (non-hydrogen) atoms. The van der Waals surface area contributed by atoms with Crippen LogP contribution in [0, 0.1) is 11.8 Å². The molecular weight excluding hydrogens is 272 g/mol. The van der Waals surface area contributed by atoms with E-state index in [1.807, 2.05) is 13.8 Å². The molecule has 3 N–H and O–H groups in total. The van der Waals surface area contributed by atoms with Crippen LogP contribution in [0.25, 0.3) is 0 Å². The van der Waals surface area contributed by atoms with Gasteiger partial charge in [0, 0.05) is 30.8 Å². The van der Waals surface area contributed by atoms with Gasteiger partial charge in [-0.05, 0) is 30.7 Å². The monoisotopic (exact) mass is 294 g/mol. The van der Waals surface area contributed by atoms with E-state index in [1.54, 1.807) is 6.07 Å². The maximum atomic E-state index is 11.9. The molecule has 0 aromatic carbocycles. The van der Waals surface area contributed by atoms with Crippen molar-refractivity contribution in [2.24, 2.45) is 11.8 Å². The molecule has 1 rings (SSSR count). The molecule has 6 heteroatoms. The molecule has 1 aromatic rings. The molecule has 0 fully saturated rings. The molecule has 0 aliphatic carbocycles. The van der Waals surface area contributed by atoms with Crippen molar-refractivity contribution >= 4 is 11.9 Å². The maximum Gasteiger partial charge on any atom is 0.303 e.